The van der Waals surface area contributed by atoms with Gasteiger partial charge in [-0.15, -0.1) is 0 Å². The summed E-state index contributed by atoms with van der Waals surface area (Å²) in [5.41, 5.74) is 2.06. The quantitative estimate of drug-likeness (QED) is 0.879. The van der Waals surface area contributed by atoms with E-state index in [2.05, 4.69) is 26.2 Å². The first-order valence-corrected chi connectivity index (χ1v) is 7.07. The van der Waals surface area contributed by atoms with Crippen molar-refractivity contribution in [3.8, 4) is 11.6 Å². The molecule has 106 valence electrons. The number of rotatable bonds is 6. The molecule has 0 unspecified atom stereocenters. The van der Waals surface area contributed by atoms with E-state index in [-0.39, 0.29) is 0 Å². The standard InChI is InChI=1S/C15H17BrN2O2/c1-17-8-12-7-13(16)9-18-15(12)20-10-11-4-3-5-14(6-11)19-2/h3-7,9,17H,8,10H2,1-2H3. The lowest BCUT2D eigenvalue weighted by molar-refractivity contribution is 0.289. The zero-order chi connectivity index (χ0) is 14.4. The lowest BCUT2D eigenvalue weighted by atomic mass is 10.2. The van der Waals surface area contributed by atoms with Crippen molar-refractivity contribution in [3.05, 3.63) is 52.1 Å². The molecule has 0 fully saturated rings. The van der Waals surface area contributed by atoms with E-state index in [9.17, 15) is 0 Å². The zero-order valence-corrected chi connectivity index (χ0v) is 13.1. The van der Waals surface area contributed by atoms with Crippen LogP contribution < -0.4 is 14.8 Å². The SMILES string of the molecule is CNCc1cc(Br)cnc1OCc1cccc(OC)c1. The monoisotopic (exact) mass is 336 g/mol. The normalized spacial score (nSPS) is 10.3. The van der Waals surface area contributed by atoms with Crippen molar-refractivity contribution in [2.75, 3.05) is 14.2 Å². The van der Waals surface area contributed by atoms with Crippen LogP contribution in [-0.4, -0.2) is 19.1 Å². The van der Waals surface area contributed by atoms with Gasteiger partial charge in [-0.3, -0.25) is 0 Å². The van der Waals surface area contributed by atoms with E-state index in [1.54, 1.807) is 13.3 Å². The Morgan fingerprint density at radius 2 is 2.15 bits per heavy atom. The van der Waals surface area contributed by atoms with Crippen molar-refractivity contribution >= 4 is 15.9 Å². The minimum atomic E-state index is 0.461. The van der Waals surface area contributed by atoms with E-state index < -0.39 is 0 Å². The molecule has 0 radical (unpaired) electrons. The number of halogens is 1. The summed E-state index contributed by atoms with van der Waals surface area (Å²) in [7, 11) is 3.55. The summed E-state index contributed by atoms with van der Waals surface area (Å²) in [6.07, 6.45) is 1.74. The molecule has 2 aromatic rings. The third-order valence-corrected chi connectivity index (χ3v) is 3.20. The van der Waals surface area contributed by atoms with Crippen molar-refractivity contribution in [1.29, 1.82) is 0 Å². The highest BCUT2D eigenvalue weighted by atomic mass is 79.9. The lowest BCUT2D eigenvalue weighted by Gasteiger charge is -2.11. The van der Waals surface area contributed by atoms with Gasteiger partial charge in [0.05, 0.1) is 7.11 Å². The molecule has 0 saturated heterocycles. The van der Waals surface area contributed by atoms with E-state index >= 15 is 0 Å². The molecule has 1 heterocycles. The molecule has 0 aliphatic carbocycles. The van der Waals surface area contributed by atoms with E-state index in [0.717, 1.165) is 21.3 Å². The second kappa shape index (κ2) is 7.26. The van der Waals surface area contributed by atoms with Gasteiger partial charge in [0.1, 0.15) is 12.4 Å². The topological polar surface area (TPSA) is 43.4 Å². The summed E-state index contributed by atoms with van der Waals surface area (Å²) in [5.74, 6) is 1.47. The van der Waals surface area contributed by atoms with Gasteiger partial charge < -0.3 is 14.8 Å². The fourth-order valence-electron chi connectivity index (χ4n) is 1.83. The van der Waals surface area contributed by atoms with Crippen molar-refractivity contribution < 1.29 is 9.47 Å². The highest BCUT2D eigenvalue weighted by Crippen LogP contribution is 2.21. The van der Waals surface area contributed by atoms with Gasteiger partial charge in [-0.2, -0.15) is 0 Å². The van der Waals surface area contributed by atoms with Crippen LogP contribution in [-0.2, 0) is 13.2 Å². The van der Waals surface area contributed by atoms with Crippen LogP contribution in [0.3, 0.4) is 0 Å². The predicted octanol–water partition coefficient (Wildman–Crippen LogP) is 3.15. The molecule has 1 aromatic heterocycles. The van der Waals surface area contributed by atoms with E-state index in [0.29, 0.717) is 19.0 Å². The number of pyridine rings is 1. The minimum absolute atomic E-state index is 0.461. The molecule has 0 saturated carbocycles. The maximum absolute atomic E-state index is 5.80. The van der Waals surface area contributed by atoms with Crippen LogP contribution >= 0.6 is 15.9 Å². The van der Waals surface area contributed by atoms with Gasteiger partial charge in [0.25, 0.3) is 0 Å². The molecule has 4 nitrogen and oxygen atoms in total. The summed E-state index contributed by atoms with van der Waals surface area (Å²) < 4.78 is 11.9. The second-order valence-electron chi connectivity index (χ2n) is 4.29. The van der Waals surface area contributed by atoms with Gasteiger partial charge in [0.2, 0.25) is 5.88 Å². The van der Waals surface area contributed by atoms with Gasteiger partial charge >= 0.3 is 0 Å². The molecule has 0 spiro atoms. The second-order valence-corrected chi connectivity index (χ2v) is 5.20. The van der Waals surface area contributed by atoms with Crippen LogP contribution in [0.5, 0.6) is 11.6 Å². The summed E-state index contributed by atoms with van der Waals surface area (Å²) in [6, 6.07) is 9.81. The maximum Gasteiger partial charge on any atom is 0.218 e. The summed E-state index contributed by atoms with van der Waals surface area (Å²) in [5, 5.41) is 3.11. The minimum Gasteiger partial charge on any atom is -0.497 e. The molecule has 2 rings (SSSR count). The molecule has 0 atom stereocenters. The average Bonchev–Trinajstić information content (AvgIpc) is 2.47. The van der Waals surface area contributed by atoms with Crippen molar-refractivity contribution in [2.45, 2.75) is 13.2 Å². The van der Waals surface area contributed by atoms with Crippen LogP contribution in [0.15, 0.2) is 41.0 Å². The highest BCUT2D eigenvalue weighted by molar-refractivity contribution is 9.10. The Morgan fingerprint density at radius 3 is 2.90 bits per heavy atom. The summed E-state index contributed by atoms with van der Waals surface area (Å²) >= 11 is 3.42. The number of benzene rings is 1. The summed E-state index contributed by atoms with van der Waals surface area (Å²) in [4.78, 5) is 4.31. The molecule has 0 aliphatic heterocycles. The Hall–Kier alpha value is -1.59. The third kappa shape index (κ3) is 3.95. The summed E-state index contributed by atoms with van der Waals surface area (Å²) in [6.45, 7) is 1.17. The highest BCUT2D eigenvalue weighted by Gasteiger charge is 2.06. The molecule has 5 heteroatoms. The van der Waals surface area contributed by atoms with Gasteiger partial charge in [-0.05, 0) is 46.7 Å². The van der Waals surface area contributed by atoms with Crippen LogP contribution in [0.25, 0.3) is 0 Å². The maximum atomic E-state index is 5.80. The van der Waals surface area contributed by atoms with E-state index in [4.69, 9.17) is 9.47 Å². The fraction of sp³-hybridized carbons (Fsp3) is 0.267. The third-order valence-electron chi connectivity index (χ3n) is 2.77. The number of nitrogens with one attached hydrogen (secondary N) is 1. The molecule has 1 aromatic carbocycles. The zero-order valence-electron chi connectivity index (χ0n) is 11.5. The average molecular weight is 337 g/mol. The molecule has 1 N–H and O–H groups in total. The van der Waals surface area contributed by atoms with Crippen LogP contribution in [0, 0.1) is 0 Å². The fourth-order valence-corrected chi connectivity index (χ4v) is 2.21. The number of methoxy groups -OCH3 is 1. The number of hydrogen-bond donors (Lipinski definition) is 1. The molecule has 0 aliphatic rings. The number of hydrogen-bond acceptors (Lipinski definition) is 4. The van der Waals surface area contributed by atoms with Gasteiger partial charge in [0, 0.05) is 22.8 Å². The predicted molar refractivity (Wildman–Crippen MR) is 82.0 cm³/mol. The van der Waals surface area contributed by atoms with Crippen LogP contribution in [0.2, 0.25) is 0 Å². The number of ether oxygens (including phenoxy) is 2. The molecular weight excluding hydrogens is 320 g/mol. The van der Waals surface area contributed by atoms with E-state index in [1.807, 2.05) is 37.4 Å². The van der Waals surface area contributed by atoms with Gasteiger partial charge in [-0.1, -0.05) is 12.1 Å². The van der Waals surface area contributed by atoms with Gasteiger partial charge in [-0.25, -0.2) is 4.98 Å². The van der Waals surface area contributed by atoms with Crippen LogP contribution in [0.4, 0.5) is 0 Å². The Balaban J connectivity index is 2.09. The first kappa shape index (κ1) is 14.8. The largest absolute Gasteiger partial charge is 0.497 e. The Bertz CT molecular complexity index is 576. The number of aromatic nitrogens is 1. The molecule has 0 amide bonds. The Kier molecular flexibility index (Phi) is 5.38. The Morgan fingerprint density at radius 1 is 1.30 bits per heavy atom. The van der Waals surface area contributed by atoms with Crippen molar-refractivity contribution in [2.24, 2.45) is 0 Å². The molecule has 20 heavy (non-hydrogen) atoms. The van der Waals surface area contributed by atoms with Crippen LogP contribution in [0.1, 0.15) is 11.1 Å². The Labute approximate surface area is 127 Å². The van der Waals surface area contributed by atoms with Crippen molar-refractivity contribution in [1.82, 2.24) is 10.3 Å². The number of nitrogens with zero attached hydrogens (tertiary/aromatic N) is 1. The van der Waals surface area contributed by atoms with Crippen molar-refractivity contribution in [3.63, 3.8) is 0 Å². The van der Waals surface area contributed by atoms with E-state index in [1.165, 1.54) is 0 Å². The lowest BCUT2D eigenvalue weighted by Crippen LogP contribution is -2.08. The smallest absolute Gasteiger partial charge is 0.218 e. The van der Waals surface area contributed by atoms with Gasteiger partial charge in [0.15, 0.2) is 0 Å². The molecule has 0 bridgehead atoms. The molecular formula is C15H17BrN2O2. The first-order chi connectivity index (χ1) is 9.72. The first-order valence-electron chi connectivity index (χ1n) is 6.27.